The molecule has 1 aliphatic rings. The number of anilines is 1. The highest BCUT2D eigenvalue weighted by Gasteiger charge is 2.35. The van der Waals surface area contributed by atoms with Crippen LogP contribution in [0.5, 0.6) is 0 Å². The smallest absolute Gasteiger partial charge is 0.306 e. The van der Waals surface area contributed by atoms with E-state index in [-0.39, 0.29) is 31.2 Å². The second kappa shape index (κ2) is 9.09. The van der Waals surface area contributed by atoms with Gasteiger partial charge in [0.1, 0.15) is 0 Å². The maximum atomic E-state index is 12.4. The van der Waals surface area contributed by atoms with Gasteiger partial charge in [-0.1, -0.05) is 23.2 Å². The molecule has 7 nitrogen and oxygen atoms in total. The third-order valence-electron chi connectivity index (χ3n) is 4.68. The Labute approximate surface area is 179 Å². The minimum atomic E-state index is -0.990. The molecule has 3 rings (SSSR count). The molecule has 1 aliphatic heterocycles. The van der Waals surface area contributed by atoms with E-state index >= 15 is 0 Å². The number of ether oxygens (including phenoxy) is 1. The number of esters is 1. The molecule has 2 aromatic carbocycles. The summed E-state index contributed by atoms with van der Waals surface area (Å²) in [6.07, 6.45) is -0.768. The van der Waals surface area contributed by atoms with Crippen LogP contribution in [0.15, 0.2) is 42.5 Å². The first-order valence-electron chi connectivity index (χ1n) is 9.49. The fraction of sp³-hybridized carbons (Fsp3) is 0.273. The normalized spacial score (nSPS) is 13.8. The molecular formula is C22H21ClN2O5. The van der Waals surface area contributed by atoms with Crippen molar-refractivity contribution in [1.82, 2.24) is 4.90 Å². The van der Waals surface area contributed by atoms with Crippen molar-refractivity contribution in [3.8, 4) is 0 Å². The van der Waals surface area contributed by atoms with Crippen LogP contribution in [-0.4, -0.2) is 41.2 Å². The van der Waals surface area contributed by atoms with Crippen LogP contribution in [0.3, 0.4) is 0 Å². The van der Waals surface area contributed by atoms with Crippen molar-refractivity contribution in [1.29, 1.82) is 0 Å². The van der Waals surface area contributed by atoms with Gasteiger partial charge in [0.15, 0.2) is 6.10 Å². The second-order valence-electron chi connectivity index (χ2n) is 7.04. The van der Waals surface area contributed by atoms with Crippen molar-refractivity contribution in [3.63, 3.8) is 0 Å². The Morgan fingerprint density at radius 2 is 1.73 bits per heavy atom. The molecule has 0 spiro atoms. The van der Waals surface area contributed by atoms with E-state index in [9.17, 15) is 19.2 Å². The summed E-state index contributed by atoms with van der Waals surface area (Å²) in [6.45, 7) is 3.42. The van der Waals surface area contributed by atoms with Crippen molar-refractivity contribution < 1.29 is 23.9 Å². The number of nitrogens with zero attached hydrogens (tertiary/aromatic N) is 1. The molecule has 30 heavy (non-hydrogen) atoms. The van der Waals surface area contributed by atoms with Crippen LogP contribution in [0.1, 0.15) is 46.0 Å². The van der Waals surface area contributed by atoms with Gasteiger partial charge >= 0.3 is 5.97 Å². The summed E-state index contributed by atoms with van der Waals surface area (Å²) in [5.41, 5.74) is 2.19. The van der Waals surface area contributed by atoms with E-state index in [1.165, 1.54) is 6.92 Å². The lowest BCUT2D eigenvalue weighted by Gasteiger charge is -2.15. The zero-order valence-corrected chi connectivity index (χ0v) is 17.4. The average Bonchev–Trinajstić information content (AvgIpc) is 2.93. The Hall–Kier alpha value is -3.19. The number of benzene rings is 2. The Kier molecular flexibility index (Phi) is 6.52. The van der Waals surface area contributed by atoms with Crippen LogP contribution in [0, 0.1) is 6.92 Å². The SMILES string of the molecule is Cc1ccc2c(c1)C(=O)N(CCCC(=O)OC(C)C(=O)Nc1ccc(Cl)cc1)C2=O. The molecule has 0 saturated carbocycles. The molecule has 0 saturated heterocycles. The summed E-state index contributed by atoms with van der Waals surface area (Å²) in [5, 5.41) is 3.17. The Bertz CT molecular complexity index is 1000. The maximum absolute atomic E-state index is 12.4. The largest absolute Gasteiger partial charge is 0.453 e. The lowest BCUT2D eigenvalue weighted by molar-refractivity contribution is -0.153. The van der Waals surface area contributed by atoms with Gasteiger partial charge in [-0.2, -0.15) is 0 Å². The third kappa shape index (κ3) is 4.86. The first kappa shape index (κ1) is 21.5. The fourth-order valence-corrected chi connectivity index (χ4v) is 3.20. The van der Waals surface area contributed by atoms with Crippen LogP contribution in [0.25, 0.3) is 0 Å². The summed E-state index contributed by atoms with van der Waals surface area (Å²) in [7, 11) is 0. The molecular weight excluding hydrogens is 408 g/mol. The van der Waals surface area contributed by atoms with Gasteiger partial charge in [-0.05, 0) is 56.7 Å². The predicted octanol–water partition coefficient (Wildman–Crippen LogP) is 3.60. The molecule has 1 unspecified atom stereocenters. The molecule has 1 atom stereocenters. The monoisotopic (exact) mass is 428 g/mol. The van der Waals surface area contributed by atoms with E-state index in [0.29, 0.717) is 21.8 Å². The van der Waals surface area contributed by atoms with Gasteiger partial charge in [0.25, 0.3) is 17.7 Å². The molecule has 2 aromatic rings. The van der Waals surface area contributed by atoms with Gasteiger partial charge in [0.2, 0.25) is 0 Å². The number of aryl methyl sites for hydroxylation is 1. The highest BCUT2D eigenvalue weighted by atomic mass is 35.5. The van der Waals surface area contributed by atoms with Crippen molar-refractivity contribution in [2.45, 2.75) is 32.8 Å². The molecule has 3 amide bonds. The van der Waals surface area contributed by atoms with Crippen molar-refractivity contribution >= 4 is 41.0 Å². The van der Waals surface area contributed by atoms with Crippen LogP contribution in [-0.2, 0) is 14.3 Å². The van der Waals surface area contributed by atoms with E-state index in [0.717, 1.165) is 10.5 Å². The van der Waals surface area contributed by atoms with Gasteiger partial charge in [-0.3, -0.25) is 24.1 Å². The van der Waals surface area contributed by atoms with Crippen molar-refractivity contribution in [2.75, 3.05) is 11.9 Å². The number of hydrogen-bond donors (Lipinski definition) is 1. The quantitative estimate of drug-likeness (QED) is 0.537. The molecule has 0 bridgehead atoms. The van der Waals surface area contributed by atoms with Crippen LogP contribution in [0.2, 0.25) is 5.02 Å². The summed E-state index contributed by atoms with van der Waals surface area (Å²) >= 11 is 5.80. The predicted molar refractivity (Wildman–Crippen MR) is 111 cm³/mol. The lowest BCUT2D eigenvalue weighted by Crippen LogP contribution is -2.32. The van der Waals surface area contributed by atoms with E-state index in [4.69, 9.17) is 16.3 Å². The highest BCUT2D eigenvalue weighted by molar-refractivity contribution is 6.30. The van der Waals surface area contributed by atoms with Crippen LogP contribution >= 0.6 is 11.6 Å². The van der Waals surface area contributed by atoms with Gasteiger partial charge in [-0.15, -0.1) is 0 Å². The Morgan fingerprint density at radius 3 is 2.43 bits per heavy atom. The van der Waals surface area contributed by atoms with Gasteiger partial charge in [0.05, 0.1) is 11.1 Å². The first-order chi connectivity index (χ1) is 14.3. The topological polar surface area (TPSA) is 92.8 Å². The summed E-state index contributed by atoms with van der Waals surface area (Å²) in [6, 6.07) is 11.6. The van der Waals surface area contributed by atoms with E-state index in [2.05, 4.69) is 5.32 Å². The van der Waals surface area contributed by atoms with Gasteiger partial charge in [-0.25, -0.2) is 0 Å². The number of carbonyl (C=O) groups excluding carboxylic acids is 4. The van der Waals surface area contributed by atoms with Crippen LogP contribution < -0.4 is 5.32 Å². The Morgan fingerprint density at radius 1 is 1.07 bits per heavy atom. The molecule has 0 radical (unpaired) electrons. The standard InChI is InChI=1S/C22H21ClN2O5/c1-13-5-10-17-18(12-13)22(29)25(21(17)28)11-3-4-19(26)30-14(2)20(27)24-16-8-6-15(23)7-9-16/h5-10,12,14H,3-4,11H2,1-2H3,(H,24,27). The minimum Gasteiger partial charge on any atom is -0.453 e. The number of rotatable bonds is 7. The van der Waals surface area contributed by atoms with E-state index < -0.39 is 18.0 Å². The molecule has 8 heteroatoms. The fourth-order valence-electron chi connectivity index (χ4n) is 3.08. The summed E-state index contributed by atoms with van der Waals surface area (Å²) in [5.74, 6) is -1.77. The number of amides is 3. The highest BCUT2D eigenvalue weighted by Crippen LogP contribution is 2.24. The molecule has 0 aromatic heterocycles. The van der Waals surface area contributed by atoms with Crippen LogP contribution in [0.4, 0.5) is 5.69 Å². The number of imide groups is 1. The molecule has 156 valence electrons. The maximum Gasteiger partial charge on any atom is 0.306 e. The minimum absolute atomic E-state index is 0.0228. The van der Waals surface area contributed by atoms with Crippen molar-refractivity contribution in [3.05, 3.63) is 64.2 Å². The van der Waals surface area contributed by atoms with Gasteiger partial charge < -0.3 is 10.1 Å². The van der Waals surface area contributed by atoms with Crippen molar-refractivity contribution in [2.24, 2.45) is 0 Å². The molecule has 0 fully saturated rings. The number of hydrogen-bond acceptors (Lipinski definition) is 5. The average molecular weight is 429 g/mol. The lowest BCUT2D eigenvalue weighted by atomic mass is 10.1. The van der Waals surface area contributed by atoms with E-state index in [1.54, 1.807) is 42.5 Å². The number of halogens is 1. The molecule has 1 heterocycles. The van der Waals surface area contributed by atoms with Gasteiger partial charge in [0, 0.05) is 23.7 Å². The molecule has 1 N–H and O–H groups in total. The number of nitrogens with one attached hydrogen (secondary N) is 1. The second-order valence-corrected chi connectivity index (χ2v) is 7.48. The zero-order chi connectivity index (χ0) is 21.8. The summed E-state index contributed by atoms with van der Waals surface area (Å²) < 4.78 is 5.14. The van der Waals surface area contributed by atoms with E-state index in [1.807, 2.05) is 6.92 Å². The zero-order valence-electron chi connectivity index (χ0n) is 16.6. The summed E-state index contributed by atoms with van der Waals surface area (Å²) in [4.78, 5) is 50.1. The first-order valence-corrected chi connectivity index (χ1v) is 9.87. The Balaban J connectivity index is 1.46. The third-order valence-corrected chi connectivity index (χ3v) is 4.93. The number of fused-ring (bicyclic) bond motifs is 1. The molecule has 0 aliphatic carbocycles. The number of carbonyl (C=O) groups is 4.